The Labute approximate surface area is 79.2 Å². The van der Waals surface area contributed by atoms with Crippen molar-refractivity contribution in [3.63, 3.8) is 0 Å². The van der Waals surface area contributed by atoms with Crippen LogP contribution in [0.2, 0.25) is 0 Å². The topological polar surface area (TPSA) is 75.3 Å². The summed E-state index contributed by atoms with van der Waals surface area (Å²) in [6, 6.07) is 4.45. The molecule has 0 aliphatic heterocycles. The maximum atomic E-state index is 10.9. The number of phenols is 1. The SMILES string of the molecule is Cn1nc2ccc(O)cc2c1C(=O)O. The van der Waals surface area contributed by atoms with Crippen molar-refractivity contribution in [3.05, 3.63) is 23.9 Å². The Balaban J connectivity index is 2.86. The predicted molar refractivity (Wildman–Crippen MR) is 49.3 cm³/mol. The number of phenolic OH excluding ortho intramolecular Hbond substituents is 1. The first-order valence-corrected chi connectivity index (χ1v) is 3.98. The first-order valence-electron chi connectivity index (χ1n) is 3.98. The van der Waals surface area contributed by atoms with Crippen LogP contribution in [0.1, 0.15) is 10.5 Å². The molecule has 14 heavy (non-hydrogen) atoms. The van der Waals surface area contributed by atoms with Gasteiger partial charge in [0.15, 0.2) is 5.69 Å². The van der Waals surface area contributed by atoms with Crippen LogP contribution in [0.25, 0.3) is 10.9 Å². The molecule has 0 spiro atoms. The molecule has 0 saturated heterocycles. The van der Waals surface area contributed by atoms with E-state index in [-0.39, 0.29) is 11.4 Å². The van der Waals surface area contributed by atoms with Gasteiger partial charge in [-0.1, -0.05) is 0 Å². The summed E-state index contributed by atoms with van der Waals surface area (Å²) in [6.07, 6.45) is 0. The second-order valence-electron chi connectivity index (χ2n) is 2.98. The molecule has 5 nitrogen and oxygen atoms in total. The Morgan fingerprint density at radius 3 is 2.86 bits per heavy atom. The lowest BCUT2D eigenvalue weighted by molar-refractivity contribution is 0.0687. The summed E-state index contributed by atoms with van der Waals surface area (Å²) in [7, 11) is 1.56. The quantitative estimate of drug-likeness (QED) is 0.706. The van der Waals surface area contributed by atoms with E-state index in [1.54, 1.807) is 13.1 Å². The molecule has 1 aromatic heterocycles. The van der Waals surface area contributed by atoms with Crippen LogP contribution in [0.3, 0.4) is 0 Å². The van der Waals surface area contributed by atoms with Gasteiger partial charge in [-0.15, -0.1) is 0 Å². The average Bonchev–Trinajstić information content (AvgIpc) is 2.40. The van der Waals surface area contributed by atoms with Crippen molar-refractivity contribution in [1.29, 1.82) is 0 Å². The highest BCUT2D eigenvalue weighted by atomic mass is 16.4. The van der Waals surface area contributed by atoms with E-state index < -0.39 is 5.97 Å². The van der Waals surface area contributed by atoms with E-state index in [1.807, 2.05) is 0 Å². The first kappa shape index (κ1) is 8.55. The summed E-state index contributed by atoms with van der Waals surface area (Å²) in [5.41, 5.74) is 0.638. The molecule has 0 aliphatic rings. The molecule has 1 aromatic carbocycles. The van der Waals surface area contributed by atoms with Crippen LogP contribution in [-0.2, 0) is 7.05 Å². The highest BCUT2D eigenvalue weighted by Gasteiger charge is 2.15. The number of aromatic hydroxyl groups is 1. The van der Waals surface area contributed by atoms with Gasteiger partial charge in [-0.2, -0.15) is 5.10 Å². The number of nitrogens with zero attached hydrogens (tertiary/aromatic N) is 2. The predicted octanol–water partition coefficient (Wildman–Crippen LogP) is 0.977. The molecule has 2 N–H and O–H groups in total. The van der Waals surface area contributed by atoms with Crippen molar-refractivity contribution in [2.75, 3.05) is 0 Å². The van der Waals surface area contributed by atoms with E-state index in [0.717, 1.165) is 0 Å². The van der Waals surface area contributed by atoms with Gasteiger partial charge in [0.25, 0.3) is 0 Å². The summed E-state index contributed by atoms with van der Waals surface area (Å²) in [5, 5.41) is 22.6. The highest BCUT2D eigenvalue weighted by molar-refractivity contribution is 6.01. The average molecular weight is 192 g/mol. The molecule has 0 unspecified atom stereocenters. The van der Waals surface area contributed by atoms with E-state index in [1.165, 1.54) is 16.8 Å². The van der Waals surface area contributed by atoms with E-state index in [2.05, 4.69) is 5.10 Å². The van der Waals surface area contributed by atoms with Gasteiger partial charge in [-0.05, 0) is 18.2 Å². The number of carbonyl (C=O) groups is 1. The molecule has 5 heteroatoms. The standard InChI is InChI=1S/C9H8N2O3/c1-11-8(9(13)14)6-4-5(12)2-3-7(6)10-11/h2-4,12H,1H3,(H,13,14). The number of aromatic carboxylic acids is 1. The Bertz CT molecular complexity index is 516. The van der Waals surface area contributed by atoms with Crippen LogP contribution in [-0.4, -0.2) is 26.0 Å². The fourth-order valence-corrected chi connectivity index (χ4v) is 1.44. The van der Waals surface area contributed by atoms with E-state index >= 15 is 0 Å². The largest absolute Gasteiger partial charge is 0.508 e. The van der Waals surface area contributed by atoms with Crippen LogP contribution >= 0.6 is 0 Å². The van der Waals surface area contributed by atoms with Crippen LogP contribution in [0.5, 0.6) is 5.75 Å². The fraction of sp³-hybridized carbons (Fsp3) is 0.111. The summed E-state index contributed by atoms with van der Waals surface area (Å²) in [6.45, 7) is 0. The molecular formula is C9H8N2O3. The third-order valence-corrected chi connectivity index (χ3v) is 2.02. The van der Waals surface area contributed by atoms with Crippen molar-refractivity contribution in [3.8, 4) is 5.75 Å². The number of carboxylic acid groups (broad SMARTS) is 1. The van der Waals surface area contributed by atoms with Crippen molar-refractivity contribution < 1.29 is 15.0 Å². The zero-order valence-electron chi connectivity index (χ0n) is 7.43. The smallest absolute Gasteiger partial charge is 0.354 e. The third-order valence-electron chi connectivity index (χ3n) is 2.02. The Morgan fingerprint density at radius 1 is 1.50 bits per heavy atom. The highest BCUT2D eigenvalue weighted by Crippen LogP contribution is 2.22. The second kappa shape index (κ2) is 2.73. The summed E-state index contributed by atoms with van der Waals surface area (Å²) in [5.74, 6) is -1.02. The molecule has 0 fully saturated rings. The third kappa shape index (κ3) is 1.10. The summed E-state index contributed by atoms with van der Waals surface area (Å²) in [4.78, 5) is 10.9. The van der Waals surface area contributed by atoms with Gasteiger partial charge in [0.05, 0.1) is 5.52 Å². The Kier molecular flexibility index (Phi) is 1.67. The number of benzene rings is 1. The number of rotatable bonds is 1. The van der Waals surface area contributed by atoms with E-state index in [0.29, 0.717) is 10.9 Å². The number of hydrogen-bond donors (Lipinski definition) is 2. The minimum atomic E-state index is -1.06. The lowest BCUT2D eigenvalue weighted by atomic mass is 10.2. The lowest BCUT2D eigenvalue weighted by Gasteiger charge is -1.94. The molecule has 0 atom stereocenters. The summed E-state index contributed by atoms with van der Waals surface area (Å²) < 4.78 is 1.28. The number of aromatic nitrogens is 2. The maximum Gasteiger partial charge on any atom is 0.354 e. The zero-order chi connectivity index (χ0) is 10.3. The molecule has 0 saturated carbocycles. The number of carboxylic acids is 1. The molecule has 0 aliphatic carbocycles. The molecule has 0 bridgehead atoms. The van der Waals surface area contributed by atoms with Crippen molar-refractivity contribution in [2.24, 2.45) is 7.05 Å². The molecule has 2 rings (SSSR count). The first-order chi connectivity index (χ1) is 6.59. The number of hydrogen-bond acceptors (Lipinski definition) is 3. The maximum absolute atomic E-state index is 10.9. The van der Waals surface area contributed by atoms with Gasteiger partial charge < -0.3 is 10.2 Å². The van der Waals surface area contributed by atoms with Gasteiger partial charge in [0.1, 0.15) is 5.75 Å². The second-order valence-corrected chi connectivity index (χ2v) is 2.98. The van der Waals surface area contributed by atoms with Crippen LogP contribution in [0.4, 0.5) is 0 Å². The van der Waals surface area contributed by atoms with Crippen LogP contribution < -0.4 is 0 Å². The Morgan fingerprint density at radius 2 is 2.21 bits per heavy atom. The van der Waals surface area contributed by atoms with Crippen molar-refractivity contribution in [1.82, 2.24) is 9.78 Å². The van der Waals surface area contributed by atoms with Gasteiger partial charge in [0.2, 0.25) is 0 Å². The van der Waals surface area contributed by atoms with Gasteiger partial charge in [-0.25, -0.2) is 4.79 Å². The molecule has 72 valence electrons. The van der Waals surface area contributed by atoms with Gasteiger partial charge in [0, 0.05) is 12.4 Å². The number of fused-ring (bicyclic) bond motifs is 1. The molecule has 2 aromatic rings. The molecular weight excluding hydrogens is 184 g/mol. The molecule has 0 amide bonds. The van der Waals surface area contributed by atoms with Crippen LogP contribution in [0.15, 0.2) is 18.2 Å². The van der Waals surface area contributed by atoms with Gasteiger partial charge in [-0.3, -0.25) is 4.68 Å². The van der Waals surface area contributed by atoms with E-state index in [4.69, 9.17) is 5.11 Å². The normalized spacial score (nSPS) is 10.6. The van der Waals surface area contributed by atoms with Gasteiger partial charge >= 0.3 is 5.97 Å². The summed E-state index contributed by atoms with van der Waals surface area (Å²) >= 11 is 0. The molecule has 0 radical (unpaired) electrons. The van der Waals surface area contributed by atoms with E-state index in [9.17, 15) is 9.90 Å². The van der Waals surface area contributed by atoms with Crippen LogP contribution in [0, 0.1) is 0 Å². The fourth-order valence-electron chi connectivity index (χ4n) is 1.44. The zero-order valence-corrected chi connectivity index (χ0v) is 7.43. The van der Waals surface area contributed by atoms with Crippen molar-refractivity contribution in [2.45, 2.75) is 0 Å². The Hall–Kier alpha value is -2.04. The lowest BCUT2D eigenvalue weighted by Crippen LogP contribution is -2.05. The minimum absolute atomic E-state index is 0.0352. The molecule has 1 heterocycles. The monoisotopic (exact) mass is 192 g/mol. The minimum Gasteiger partial charge on any atom is -0.508 e. The number of aryl methyl sites for hydroxylation is 1. The van der Waals surface area contributed by atoms with Crippen molar-refractivity contribution >= 4 is 16.9 Å².